The van der Waals surface area contributed by atoms with Gasteiger partial charge < -0.3 is 9.64 Å². The first kappa shape index (κ1) is 20.0. The lowest BCUT2D eigenvalue weighted by Gasteiger charge is -2.34. The van der Waals surface area contributed by atoms with Gasteiger partial charge >= 0.3 is 6.61 Å². The van der Waals surface area contributed by atoms with Crippen LogP contribution in [0.1, 0.15) is 21.5 Å². The predicted octanol–water partition coefficient (Wildman–Crippen LogP) is 4.11. The van der Waals surface area contributed by atoms with Gasteiger partial charge in [0.1, 0.15) is 5.75 Å². The summed E-state index contributed by atoms with van der Waals surface area (Å²) < 4.78 is 28.6. The zero-order valence-electron chi connectivity index (χ0n) is 15.9. The van der Waals surface area contributed by atoms with E-state index in [1.54, 1.807) is 0 Å². The van der Waals surface area contributed by atoms with Gasteiger partial charge in [-0.2, -0.15) is 8.78 Å². The van der Waals surface area contributed by atoms with Crippen molar-refractivity contribution in [3.05, 3.63) is 77.5 Å². The number of hydrogen-bond donors (Lipinski definition) is 0. The minimum atomic E-state index is -2.87. The van der Waals surface area contributed by atoms with Crippen LogP contribution in [0, 0.1) is 6.92 Å². The number of nitrogens with zero attached hydrogens (tertiary/aromatic N) is 2. The number of ether oxygens (including phenoxy) is 1. The number of ketones is 1. The topological polar surface area (TPSA) is 32.8 Å². The normalized spacial score (nSPS) is 15.4. The van der Waals surface area contributed by atoms with Crippen molar-refractivity contribution in [2.24, 2.45) is 0 Å². The second-order valence-corrected chi connectivity index (χ2v) is 6.82. The van der Waals surface area contributed by atoms with Crippen LogP contribution in [0.25, 0.3) is 0 Å². The Morgan fingerprint density at radius 1 is 1.07 bits per heavy atom. The molecule has 2 aromatic carbocycles. The van der Waals surface area contributed by atoms with Crippen molar-refractivity contribution in [3.8, 4) is 5.75 Å². The summed E-state index contributed by atoms with van der Waals surface area (Å²) >= 11 is 0. The first-order valence-corrected chi connectivity index (χ1v) is 9.29. The largest absolute Gasteiger partial charge is 0.435 e. The zero-order chi connectivity index (χ0) is 19.9. The molecule has 0 aromatic heterocycles. The average molecular weight is 386 g/mol. The molecule has 0 amide bonds. The molecule has 0 spiro atoms. The van der Waals surface area contributed by atoms with Crippen molar-refractivity contribution in [2.75, 3.05) is 26.2 Å². The molecule has 1 fully saturated rings. The van der Waals surface area contributed by atoms with E-state index in [1.165, 1.54) is 41.5 Å². The first-order chi connectivity index (χ1) is 13.5. The van der Waals surface area contributed by atoms with Gasteiger partial charge in [0.2, 0.25) is 0 Å². The molecule has 148 valence electrons. The quantitative estimate of drug-likeness (QED) is 0.530. The predicted molar refractivity (Wildman–Crippen MR) is 105 cm³/mol. The highest BCUT2D eigenvalue weighted by Crippen LogP contribution is 2.16. The van der Waals surface area contributed by atoms with Crippen molar-refractivity contribution in [1.29, 1.82) is 0 Å². The van der Waals surface area contributed by atoms with Crippen LogP contribution < -0.4 is 4.74 Å². The Hall–Kier alpha value is -2.73. The summed E-state index contributed by atoms with van der Waals surface area (Å²) in [7, 11) is 0. The van der Waals surface area contributed by atoms with Gasteiger partial charge in [-0.3, -0.25) is 9.69 Å². The highest BCUT2D eigenvalue weighted by atomic mass is 19.3. The second-order valence-electron chi connectivity index (χ2n) is 6.82. The lowest BCUT2D eigenvalue weighted by molar-refractivity contribution is -0.0498. The molecule has 0 atom stereocenters. The van der Waals surface area contributed by atoms with Gasteiger partial charge in [-0.05, 0) is 42.3 Å². The Morgan fingerprint density at radius 3 is 2.39 bits per heavy atom. The van der Waals surface area contributed by atoms with Gasteiger partial charge in [0.25, 0.3) is 0 Å². The second kappa shape index (κ2) is 9.46. The SMILES string of the molecule is Cc1ccccc1CN1CCN(C=CC(=O)c2ccc(OC(F)F)cc2)CC1. The number of aryl methyl sites for hydroxylation is 1. The number of carbonyl (C=O) groups is 1. The van der Waals surface area contributed by atoms with Gasteiger partial charge in [-0.25, -0.2) is 0 Å². The van der Waals surface area contributed by atoms with E-state index in [0.717, 1.165) is 32.7 Å². The van der Waals surface area contributed by atoms with Crippen LogP contribution >= 0.6 is 0 Å². The van der Waals surface area contributed by atoms with Crippen LogP contribution in [0.4, 0.5) is 8.78 Å². The zero-order valence-corrected chi connectivity index (χ0v) is 15.9. The summed E-state index contributed by atoms with van der Waals surface area (Å²) in [5, 5.41) is 0. The Balaban J connectivity index is 1.48. The number of hydrogen-bond acceptors (Lipinski definition) is 4. The molecule has 0 unspecified atom stereocenters. The molecule has 1 heterocycles. The monoisotopic (exact) mass is 386 g/mol. The fourth-order valence-electron chi connectivity index (χ4n) is 3.17. The van der Waals surface area contributed by atoms with Crippen LogP contribution in [0.15, 0.2) is 60.8 Å². The third kappa shape index (κ3) is 5.63. The number of alkyl halides is 2. The van der Waals surface area contributed by atoms with Gasteiger partial charge in [0.05, 0.1) is 0 Å². The van der Waals surface area contributed by atoms with Gasteiger partial charge in [0.15, 0.2) is 5.78 Å². The lowest BCUT2D eigenvalue weighted by atomic mass is 10.1. The summed E-state index contributed by atoms with van der Waals surface area (Å²) in [6.07, 6.45) is 3.34. The maximum atomic E-state index is 12.3. The molecule has 1 aliphatic heterocycles. The highest BCUT2D eigenvalue weighted by molar-refractivity contribution is 6.04. The van der Waals surface area contributed by atoms with Gasteiger partial charge in [-0.15, -0.1) is 0 Å². The minimum Gasteiger partial charge on any atom is -0.435 e. The van der Waals surface area contributed by atoms with Crippen molar-refractivity contribution >= 4 is 5.78 Å². The number of allylic oxidation sites excluding steroid dienone is 1. The number of halogens is 2. The summed E-state index contributed by atoms with van der Waals surface area (Å²) in [5.74, 6) is -0.119. The fraction of sp³-hybridized carbons (Fsp3) is 0.318. The third-order valence-corrected chi connectivity index (χ3v) is 4.86. The molecule has 0 N–H and O–H groups in total. The van der Waals surface area contributed by atoms with Crippen molar-refractivity contribution in [3.63, 3.8) is 0 Å². The van der Waals surface area contributed by atoms with Crippen molar-refractivity contribution in [1.82, 2.24) is 9.80 Å². The molecule has 6 heteroatoms. The van der Waals surface area contributed by atoms with E-state index < -0.39 is 6.61 Å². The standard InChI is InChI=1S/C22H24F2N2O2/c1-17-4-2-3-5-19(17)16-26-14-12-25(13-15-26)11-10-21(27)18-6-8-20(9-7-18)28-22(23)24/h2-11,22H,12-16H2,1H3. The Labute approximate surface area is 164 Å². The number of rotatable bonds is 7. The van der Waals surface area contributed by atoms with E-state index in [4.69, 9.17) is 0 Å². The van der Waals surface area contributed by atoms with Crippen LogP contribution in [0.2, 0.25) is 0 Å². The van der Waals surface area contributed by atoms with Crippen LogP contribution in [-0.2, 0) is 6.54 Å². The van der Waals surface area contributed by atoms with Crippen molar-refractivity contribution < 1.29 is 18.3 Å². The molecule has 1 saturated heterocycles. The van der Waals surface area contributed by atoms with E-state index in [-0.39, 0.29) is 11.5 Å². The Bertz CT molecular complexity index is 814. The van der Waals surface area contributed by atoms with Crippen LogP contribution in [-0.4, -0.2) is 48.4 Å². The Morgan fingerprint density at radius 2 is 1.75 bits per heavy atom. The maximum absolute atomic E-state index is 12.3. The Kier molecular flexibility index (Phi) is 6.76. The van der Waals surface area contributed by atoms with E-state index >= 15 is 0 Å². The average Bonchev–Trinajstić information content (AvgIpc) is 2.69. The molecular weight excluding hydrogens is 362 g/mol. The first-order valence-electron chi connectivity index (χ1n) is 9.29. The summed E-state index contributed by atoms with van der Waals surface area (Å²) in [5.41, 5.74) is 3.09. The molecule has 2 aromatic rings. The molecule has 0 saturated carbocycles. The number of piperazine rings is 1. The van der Waals surface area contributed by atoms with Gasteiger partial charge in [0, 0.05) is 50.6 Å². The lowest BCUT2D eigenvalue weighted by Crippen LogP contribution is -2.43. The molecule has 0 radical (unpaired) electrons. The highest BCUT2D eigenvalue weighted by Gasteiger charge is 2.15. The fourth-order valence-corrected chi connectivity index (χ4v) is 3.17. The minimum absolute atomic E-state index is 0.0419. The van der Waals surface area contributed by atoms with Gasteiger partial charge in [-0.1, -0.05) is 24.3 Å². The van der Waals surface area contributed by atoms with Crippen LogP contribution in [0.3, 0.4) is 0 Å². The summed E-state index contributed by atoms with van der Waals surface area (Å²) in [6.45, 7) is 3.79. The third-order valence-electron chi connectivity index (χ3n) is 4.86. The molecule has 1 aliphatic rings. The van der Waals surface area contributed by atoms with Crippen molar-refractivity contribution in [2.45, 2.75) is 20.1 Å². The number of benzene rings is 2. The van der Waals surface area contributed by atoms with E-state index in [9.17, 15) is 13.6 Å². The summed E-state index contributed by atoms with van der Waals surface area (Å²) in [4.78, 5) is 16.8. The smallest absolute Gasteiger partial charge is 0.387 e. The maximum Gasteiger partial charge on any atom is 0.387 e. The molecule has 0 bridgehead atoms. The molecule has 3 rings (SSSR count). The van der Waals surface area contributed by atoms with E-state index in [2.05, 4.69) is 45.7 Å². The van der Waals surface area contributed by atoms with Crippen LogP contribution in [0.5, 0.6) is 5.75 Å². The molecule has 4 nitrogen and oxygen atoms in total. The van der Waals surface area contributed by atoms with E-state index in [1.807, 2.05) is 6.20 Å². The summed E-state index contributed by atoms with van der Waals surface area (Å²) in [6, 6.07) is 14.1. The molecular formula is C22H24F2N2O2. The molecule has 0 aliphatic carbocycles. The number of carbonyl (C=O) groups excluding carboxylic acids is 1. The van der Waals surface area contributed by atoms with E-state index in [0.29, 0.717) is 5.56 Å². The molecule has 28 heavy (non-hydrogen) atoms.